The zero-order chi connectivity index (χ0) is 7.28. The molecule has 0 saturated heterocycles. The number of hydrogen-bond donors (Lipinski definition) is 0. The normalized spacial score (nSPS) is 6.89. The number of carbonyl (C=O) groups excluding carboxylic acids is 2. The van der Waals surface area contributed by atoms with Crippen LogP contribution >= 0.6 is 11.6 Å². The van der Waals surface area contributed by atoms with Gasteiger partial charge in [-0.3, -0.25) is 4.79 Å². The minimum atomic E-state index is -1.17. The second-order valence-corrected chi connectivity index (χ2v) is 1.36. The lowest BCUT2D eigenvalue weighted by molar-refractivity contribution is -0.145. The lowest BCUT2D eigenvalue weighted by Crippen LogP contribution is -2.07. The number of hydrogen-bond acceptors (Lipinski definition) is 3. The highest BCUT2D eigenvalue weighted by molar-refractivity contribution is 6.80. The second-order valence-electron chi connectivity index (χ2n) is 1.02. The van der Waals surface area contributed by atoms with E-state index in [0.29, 0.717) is 0 Å². The largest absolute Gasteiger partial charge is 0.405 e. The Kier molecular flexibility index (Phi) is 3.49. The van der Waals surface area contributed by atoms with Crippen LogP contribution in [0.15, 0.2) is 0 Å². The molecule has 0 amide bonds. The van der Waals surface area contributed by atoms with Crippen molar-refractivity contribution in [1.29, 1.82) is 0 Å². The molecule has 0 aliphatic heterocycles. The standard InChI is InChI=1S/C5H3ClO3/c1-2-3-9-5(8)4(6)7/h1H3. The molecule has 0 saturated carbocycles. The molecule has 0 atom stereocenters. The van der Waals surface area contributed by atoms with Gasteiger partial charge in [-0.1, -0.05) is 5.92 Å². The molecule has 0 bridgehead atoms. The van der Waals surface area contributed by atoms with E-state index in [2.05, 4.69) is 22.3 Å². The molecule has 48 valence electrons. The molecule has 0 heterocycles. The average Bonchev–Trinajstić information content (AvgIpc) is 1.82. The summed E-state index contributed by atoms with van der Waals surface area (Å²) in [4.78, 5) is 20.0. The zero-order valence-corrected chi connectivity index (χ0v) is 5.36. The van der Waals surface area contributed by atoms with Crippen molar-refractivity contribution in [2.24, 2.45) is 0 Å². The van der Waals surface area contributed by atoms with Gasteiger partial charge in [-0.05, 0) is 11.6 Å². The third-order valence-electron chi connectivity index (χ3n) is 0.406. The van der Waals surface area contributed by atoms with Gasteiger partial charge in [-0.25, -0.2) is 4.79 Å². The highest BCUT2D eigenvalue weighted by Crippen LogP contribution is 1.82. The molecule has 0 N–H and O–H groups in total. The Morgan fingerprint density at radius 1 is 1.56 bits per heavy atom. The molecular formula is C5H3ClO3. The topological polar surface area (TPSA) is 43.4 Å². The minimum Gasteiger partial charge on any atom is -0.365 e. The molecule has 3 nitrogen and oxygen atoms in total. The van der Waals surface area contributed by atoms with E-state index in [1.165, 1.54) is 6.92 Å². The van der Waals surface area contributed by atoms with E-state index < -0.39 is 11.2 Å². The van der Waals surface area contributed by atoms with Gasteiger partial charge in [0.1, 0.15) is 6.11 Å². The molecule has 0 rings (SSSR count). The molecule has 0 aromatic carbocycles. The first kappa shape index (κ1) is 7.99. The third-order valence-corrected chi connectivity index (χ3v) is 0.561. The Hall–Kier alpha value is -1.01. The summed E-state index contributed by atoms with van der Waals surface area (Å²) in [5.74, 6) is 1.10. The molecule has 9 heavy (non-hydrogen) atoms. The average molecular weight is 147 g/mol. The van der Waals surface area contributed by atoms with Crippen LogP contribution in [0.25, 0.3) is 0 Å². The highest BCUT2D eigenvalue weighted by atomic mass is 35.5. The van der Waals surface area contributed by atoms with Crippen molar-refractivity contribution in [2.75, 3.05) is 0 Å². The van der Waals surface area contributed by atoms with E-state index in [0.717, 1.165) is 0 Å². The summed E-state index contributed by atoms with van der Waals surface area (Å²) in [5.41, 5.74) is 0. The fourth-order valence-electron chi connectivity index (χ4n) is 0.138. The van der Waals surface area contributed by atoms with Crippen molar-refractivity contribution in [3.8, 4) is 12.0 Å². The van der Waals surface area contributed by atoms with E-state index >= 15 is 0 Å². The Balaban J connectivity index is 3.74. The summed E-state index contributed by atoms with van der Waals surface area (Å²) in [5, 5.41) is -1.17. The Morgan fingerprint density at radius 3 is 2.44 bits per heavy atom. The smallest absolute Gasteiger partial charge is 0.365 e. The van der Waals surface area contributed by atoms with Crippen molar-refractivity contribution in [3.05, 3.63) is 0 Å². The Labute approximate surface area is 56.9 Å². The molecule has 0 aliphatic carbocycles. The van der Waals surface area contributed by atoms with E-state index in [-0.39, 0.29) is 0 Å². The Morgan fingerprint density at radius 2 is 2.11 bits per heavy atom. The van der Waals surface area contributed by atoms with Crippen LogP contribution in [0.3, 0.4) is 0 Å². The third kappa shape index (κ3) is 3.56. The van der Waals surface area contributed by atoms with E-state index in [1.54, 1.807) is 0 Å². The molecule has 0 aromatic rings. The molecular weight excluding hydrogens is 144 g/mol. The van der Waals surface area contributed by atoms with E-state index in [4.69, 9.17) is 0 Å². The van der Waals surface area contributed by atoms with Gasteiger partial charge >= 0.3 is 11.2 Å². The van der Waals surface area contributed by atoms with Gasteiger partial charge in [0.15, 0.2) is 0 Å². The molecule has 0 fully saturated rings. The van der Waals surface area contributed by atoms with Crippen LogP contribution in [-0.2, 0) is 14.3 Å². The molecule has 0 radical (unpaired) electrons. The van der Waals surface area contributed by atoms with Gasteiger partial charge < -0.3 is 4.74 Å². The van der Waals surface area contributed by atoms with Crippen LogP contribution in [0, 0.1) is 12.0 Å². The SMILES string of the molecule is CC#COC(=O)C(=O)Cl. The fraction of sp³-hybridized carbons (Fsp3) is 0.200. The first-order valence-electron chi connectivity index (χ1n) is 2.01. The summed E-state index contributed by atoms with van der Waals surface area (Å²) in [6.07, 6.45) is 1.92. The number of rotatable bonds is 1. The van der Waals surface area contributed by atoms with Gasteiger partial charge in [0.05, 0.1) is 0 Å². The quantitative estimate of drug-likeness (QED) is 0.231. The summed E-state index contributed by atoms with van der Waals surface area (Å²) in [6, 6.07) is 0. The number of ether oxygens (including phenoxy) is 1. The molecule has 4 heteroatoms. The van der Waals surface area contributed by atoms with Crippen molar-refractivity contribution < 1.29 is 14.3 Å². The maximum Gasteiger partial charge on any atom is 0.405 e. The lowest BCUT2D eigenvalue weighted by atomic mass is 10.7. The summed E-state index contributed by atoms with van der Waals surface area (Å²) in [7, 11) is 0. The maximum absolute atomic E-state index is 10.1. The van der Waals surface area contributed by atoms with Crippen LogP contribution in [0.2, 0.25) is 0 Å². The monoisotopic (exact) mass is 146 g/mol. The summed E-state index contributed by atoms with van der Waals surface area (Å²) in [6.45, 7) is 1.46. The first-order chi connectivity index (χ1) is 4.18. The van der Waals surface area contributed by atoms with Crippen LogP contribution in [0.4, 0.5) is 0 Å². The lowest BCUT2D eigenvalue weighted by Gasteiger charge is -1.83. The van der Waals surface area contributed by atoms with Gasteiger partial charge in [-0.15, -0.1) is 0 Å². The molecule has 0 spiro atoms. The Bertz CT molecular complexity index is 186. The maximum atomic E-state index is 10.1. The molecule has 0 unspecified atom stereocenters. The van der Waals surface area contributed by atoms with Crippen LogP contribution in [0.1, 0.15) is 6.92 Å². The zero-order valence-electron chi connectivity index (χ0n) is 4.60. The predicted octanol–water partition coefficient (Wildman–Crippen LogP) is 0.276. The number of halogens is 1. The van der Waals surface area contributed by atoms with Gasteiger partial charge in [0.2, 0.25) is 0 Å². The van der Waals surface area contributed by atoms with Gasteiger partial charge in [-0.2, -0.15) is 0 Å². The number of carbonyl (C=O) groups is 2. The van der Waals surface area contributed by atoms with Gasteiger partial charge in [0.25, 0.3) is 0 Å². The fourth-order valence-corrected chi connectivity index (χ4v) is 0.176. The predicted molar refractivity (Wildman–Crippen MR) is 30.4 cm³/mol. The van der Waals surface area contributed by atoms with Crippen LogP contribution in [-0.4, -0.2) is 11.2 Å². The van der Waals surface area contributed by atoms with Crippen LogP contribution < -0.4 is 0 Å². The summed E-state index contributed by atoms with van der Waals surface area (Å²) < 4.78 is 3.97. The molecule has 0 aliphatic rings. The minimum absolute atomic E-state index is 1.15. The highest BCUT2D eigenvalue weighted by Gasteiger charge is 2.09. The van der Waals surface area contributed by atoms with Crippen LogP contribution in [0.5, 0.6) is 0 Å². The van der Waals surface area contributed by atoms with Crippen molar-refractivity contribution >= 4 is 22.8 Å². The van der Waals surface area contributed by atoms with Crippen molar-refractivity contribution in [2.45, 2.75) is 6.92 Å². The first-order valence-corrected chi connectivity index (χ1v) is 2.38. The summed E-state index contributed by atoms with van der Waals surface area (Å²) >= 11 is 4.68. The van der Waals surface area contributed by atoms with Gasteiger partial charge in [0, 0.05) is 6.92 Å². The second kappa shape index (κ2) is 3.93. The van der Waals surface area contributed by atoms with E-state index in [1.807, 2.05) is 6.11 Å². The molecule has 0 aromatic heterocycles. The van der Waals surface area contributed by atoms with E-state index in [9.17, 15) is 9.59 Å². The number of esters is 1. The van der Waals surface area contributed by atoms with Crippen molar-refractivity contribution in [1.82, 2.24) is 0 Å². The van der Waals surface area contributed by atoms with Crippen molar-refractivity contribution in [3.63, 3.8) is 0 Å².